The van der Waals surface area contributed by atoms with E-state index in [4.69, 9.17) is 5.73 Å². The molecule has 1 unspecified atom stereocenters. The molecule has 2 rings (SSSR count). The standard InChI is InChI=1S/C15H24BrN3/c1-3-19(4-2)12-8-9-18(10-12)11-13-14(16)6-5-7-15(13)17/h5-7,12H,3-4,8-11,17H2,1-2H3. The van der Waals surface area contributed by atoms with E-state index in [1.807, 2.05) is 12.1 Å². The maximum absolute atomic E-state index is 6.08. The Bertz CT molecular complexity index is 398. The third-order valence-corrected chi connectivity index (χ3v) is 4.86. The third-order valence-electron chi connectivity index (χ3n) is 4.11. The molecule has 1 aromatic rings. The summed E-state index contributed by atoms with van der Waals surface area (Å²) in [5.74, 6) is 0. The number of nitrogens with zero attached hydrogens (tertiary/aromatic N) is 2. The molecular formula is C15H24BrN3. The number of halogens is 1. The molecule has 1 aliphatic rings. The van der Waals surface area contributed by atoms with E-state index in [1.165, 1.54) is 18.5 Å². The highest BCUT2D eigenvalue weighted by atomic mass is 79.9. The molecule has 19 heavy (non-hydrogen) atoms. The zero-order valence-electron chi connectivity index (χ0n) is 11.9. The monoisotopic (exact) mass is 325 g/mol. The van der Waals surface area contributed by atoms with Crippen molar-refractivity contribution in [3.63, 3.8) is 0 Å². The largest absolute Gasteiger partial charge is 0.398 e. The minimum Gasteiger partial charge on any atom is -0.398 e. The molecule has 1 saturated heterocycles. The van der Waals surface area contributed by atoms with Crippen LogP contribution in [0.4, 0.5) is 5.69 Å². The average Bonchev–Trinajstić information content (AvgIpc) is 2.84. The summed E-state index contributed by atoms with van der Waals surface area (Å²) in [5, 5.41) is 0. The first-order valence-electron chi connectivity index (χ1n) is 7.15. The van der Waals surface area contributed by atoms with Crippen molar-refractivity contribution in [2.45, 2.75) is 32.9 Å². The van der Waals surface area contributed by atoms with Gasteiger partial charge in [-0.15, -0.1) is 0 Å². The van der Waals surface area contributed by atoms with Gasteiger partial charge in [0.2, 0.25) is 0 Å². The van der Waals surface area contributed by atoms with Crippen molar-refractivity contribution in [3.05, 3.63) is 28.2 Å². The third kappa shape index (κ3) is 3.50. The second kappa shape index (κ2) is 6.73. The second-order valence-corrected chi connectivity index (χ2v) is 6.06. The highest BCUT2D eigenvalue weighted by Gasteiger charge is 2.26. The SMILES string of the molecule is CCN(CC)C1CCN(Cc2c(N)cccc2Br)C1. The molecule has 1 atom stereocenters. The Balaban J connectivity index is 1.99. The minimum atomic E-state index is 0.707. The Hall–Kier alpha value is -0.580. The van der Waals surface area contributed by atoms with Gasteiger partial charge in [0.1, 0.15) is 0 Å². The van der Waals surface area contributed by atoms with Gasteiger partial charge >= 0.3 is 0 Å². The first-order chi connectivity index (χ1) is 9.15. The lowest BCUT2D eigenvalue weighted by atomic mass is 10.1. The lowest BCUT2D eigenvalue weighted by molar-refractivity contribution is 0.209. The Morgan fingerprint density at radius 2 is 2.11 bits per heavy atom. The van der Waals surface area contributed by atoms with E-state index in [0.717, 1.165) is 36.3 Å². The van der Waals surface area contributed by atoms with Crippen LogP contribution in [-0.4, -0.2) is 42.0 Å². The molecule has 1 heterocycles. The number of hydrogen-bond donors (Lipinski definition) is 1. The van der Waals surface area contributed by atoms with Crippen LogP contribution in [0.15, 0.2) is 22.7 Å². The van der Waals surface area contributed by atoms with E-state index < -0.39 is 0 Å². The summed E-state index contributed by atoms with van der Waals surface area (Å²) >= 11 is 3.61. The summed E-state index contributed by atoms with van der Waals surface area (Å²) in [6.07, 6.45) is 1.27. The highest BCUT2D eigenvalue weighted by Crippen LogP contribution is 2.26. The van der Waals surface area contributed by atoms with E-state index in [1.54, 1.807) is 0 Å². The van der Waals surface area contributed by atoms with Crippen LogP contribution in [0.25, 0.3) is 0 Å². The van der Waals surface area contributed by atoms with Gasteiger partial charge in [-0.25, -0.2) is 0 Å². The summed E-state index contributed by atoms with van der Waals surface area (Å²) in [4.78, 5) is 5.07. The summed E-state index contributed by atoms with van der Waals surface area (Å²) < 4.78 is 1.12. The Morgan fingerprint density at radius 1 is 1.37 bits per heavy atom. The van der Waals surface area contributed by atoms with Crippen LogP contribution >= 0.6 is 15.9 Å². The normalized spacial score (nSPS) is 20.3. The molecule has 1 fully saturated rings. The maximum atomic E-state index is 6.08. The van der Waals surface area contributed by atoms with Gasteiger partial charge in [-0.3, -0.25) is 9.80 Å². The fourth-order valence-corrected chi connectivity index (χ4v) is 3.47. The van der Waals surface area contributed by atoms with Crippen molar-refractivity contribution < 1.29 is 0 Å². The highest BCUT2D eigenvalue weighted by molar-refractivity contribution is 9.10. The first kappa shape index (κ1) is 14.8. The van der Waals surface area contributed by atoms with Gasteiger partial charge in [0.05, 0.1) is 0 Å². The Kier molecular flexibility index (Phi) is 5.25. The number of anilines is 1. The molecule has 0 saturated carbocycles. The van der Waals surface area contributed by atoms with Crippen molar-refractivity contribution in [1.82, 2.24) is 9.80 Å². The van der Waals surface area contributed by atoms with Gasteiger partial charge in [0.15, 0.2) is 0 Å². The number of rotatable bonds is 5. The van der Waals surface area contributed by atoms with Crippen LogP contribution in [0, 0.1) is 0 Å². The molecule has 1 aromatic carbocycles. The summed E-state index contributed by atoms with van der Waals surface area (Å²) in [6, 6.07) is 6.76. The molecule has 0 radical (unpaired) electrons. The van der Waals surface area contributed by atoms with Gasteiger partial charge in [0, 0.05) is 41.4 Å². The summed E-state index contributed by atoms with van der Waals surface area (Å²) in [6.45, 7) is 10.1. The number of likely N-dealkylation sites (N-methyl/N-ethyl adjacent to an activating group) is 1. The van der Waals surface area contributed by atoms with Gasteiger partial charge in [-0.2, -0.15) is 0 Å². The lowest BCUT2D eigenvalue weighted by Gasteiger charge is -2.26. The number of likely N-dealkylation sites (tertiary alicyclic amines) is 1. The van der Waals surface area contributed by atoms with Crippen molar-refractivity contribution >= 4 is 21.6 Å². The summed E-state index contributed by atoms with van der Waals surface area (Å²) in [7, 11) is 0. The maximum Gasteiger partial charge on any atom is 0.0371 e. The smallest absolute Gasteiger partial charge is 0.0371 e. The Morgan fingerprint density at radius 3 is 2.74 bits per heavy atom. The lowest BCUT2D eigenvalue weighted by Crippen LogP contribution is -2.37. The number of nitrogens with two attached hydrogens (primary N) is 1. The molecule has 3 nitrogen and oxygen atoms in total. The van der Waals surface area contributed by atoms with Crippen LogP contribution in [-0.2, 0) is 6.54 Å². The van der Waals surface area contributed by atoms with Crippen LogP contribution < -0.4 is 5.73 Å². The topological polar surface area (TPSA) is 32.5 Å². The number of benzene rings is 1. The fourth-order valence-electron chi connectivity index (χ4n) is 2.96. The number of hydrogen-bond acceptors (Lipinski definition) is 3. The van der Waals surface area contributed by atoms with Gasteiger partial charge < -0.3 is 5.73 Å². The molecule has 0 bridgehead atoms. The molecule has 0 aromatic heterocycles. The van der Waals surface area contributed by atoms with Crippen LogP contribution in [0.5, 0.6) is 0 Å². The van der Waals surface area contributed by atoms with Crippen LogP contribution in [0.2, 0.25) is 0 Å². The zero-order valence-corrected chi connectivity index (χ0v) is 13.5. The van der Waals surface area contributed by atoms with E-state index in [9.17, 15) is 0 Å². The van der Waals surface area contributed by atoms with Crippen molar-refractivity contribution in [3.8, 4) is 0 Å². The van der Waals surface area contributed by atoms with Gasteiger partial charge in [-0.05, 0) is 31.6 Å². The average molecular weight is 326 g/mol. The zero-order chi connectivity index (χ0) is 13.8. The van der Waals surface area contributed by atoms with Crippen molar-refractivity contribution in [1.29, 1.82) is 0 Å². The molecule has 106 valence electrons. The van der Waals surface area contributed by atoms with Crippen molar-refractivity contribution in [2.75, 3.05) is 31.9 Å². The molecule has 2 N–H and O–H groups in total. The van der Waals surface area contributed by atoms with Crippen molar-refractivity contribution in [2.24, 2.45) is 0 Å². The van der Waals surface area contributed by atoms with Gasteiger partial charge in [-0.1, -0.05) is 35.8 Å². The number of nitrogen functional groups attached to an aromatic ring is 1. The van der Waals surface area contributed by atoms with E-state index in [0.29, 0.717) is 6.04 Å². The predicted molar refractivity (Wildman–Crippen MR) is 85.2 cm³/mol. The van der Waals surface area contributed by atoms with E-state index in [-0.39, 0.29) is 0 Å². The minimum absolute atomic E-state index is 0.707. The van der Waals surface area contributed by atoms with E-state index in [2.05, 4.69) is 45.6 Å². The quantitative estimate of drug-likeness (QED) is 0.845. The van der Waals surface area contributed by atoms with Crippen LogP contribution in [0.3, 0.4) is 0 Å². The first-order valence-corrected chi connectivity index (χ1v) is 7.94. The summed E-state index contributed by atoms with van der Waals surface area (Å²) in [5.41, 5.74) is 8.19. The van der Waals surface area contributed by atoms with Gasteiger partial charge in [0.25, 0.3) is 0 Å². The van der Waals surface area contributed by atoms with E-state index >= 15 is 0 Å². The fraction of sp³-hybridized carbons (Fsp3) is 0.600. The molecular weight excluding hydrogens is 302 g/mol. The molecule has 0 amide bonds. The molecule has 0 spiro atoms. The molecule has 0 aliphatic carbocycles. The second-order valence-electron chi connectivity index (χ2n) is 5.21. The van der Waals surface area contributed by atoms with Crippen LogP contribution in [0.1, 0.15) is 25.8 Å². The molecule has 1 aliphatic heterocycles. The Labute approximate surface area is 124 Å². The predicted octanol–water partition coefficient (Wildman–Crippen LogP) is 2.95. The molecule has 4 heteroatoms.